The van der Waals surface area contributed by atoms with Crippen molar-refractivity contribution in [2.45, 2.75) is 26.0 Å². The second kappa shape index (κ2) is 12.0. The topological polar surface area (TPSA) is 94.2 Å². The van der Waals surface area contributed by atoms with Crippen LogP contribution in [-0.2, 0) is 28.0 Å². The minimum Gasteiger partial charge on any atom is -0.489 e. The number of carbonyl (C=O) groups excluding carboxylic acids is 1. The highest BCUT2D eigenvalue weighted by Gasteiger charge is 2.21. The number of halogens is 1. The van der Waals surface area contributed by atoms with Gasteiger partial charge < -0.3 is 19.5 Å². The summed E-state index contributed by atoms with van der Waals surface area (Å²) in [5, 5.41) is 2.85. The van der Waals surface area contributed by atoms with E-state index in [0.717, 1.165) is 17.4 Å². The maximum Gasteiger partial charge on any atom is 0.232 e. The van der Waals surface area contributed by atoms with E-state index in [0.29, 0.717) is 55.7 Å². The minimum atomic E-state index is -3.55. The summed E-state index contributed by atoms with van der Waals surface area (Å²) >= 11 is 0. The van der Waals surface area contributed by atoms with Gasteiger partial charge >= 0.3 is 0 Å². The van der Waals surface area contributed by atoms with Crippen molar-refractivity contribution < 1.29 is 31.8 Å². The number of amides is 1. The van der Waals surface area contributed by atoms with Gasteiger partial charge in [0.15, 0.2) is 11.5 Å². The van der Waals surface area contributed by atoms with Crippen LogP contribution in [0, 0.1) is 5.82 Å². The Kier molecular flexibility index (Phi) is 8.50. The van der Waals surface area contributed by atoms with Crippen LogP contribution in [0.3, 0.4) is 0 Å². The molecule has 0 unspecified atom stereocenters. The molecule has 3 aromatic carbocycles. The third-order valence-electron chi connectivity index (χ3n) is 5.71. The predicted molar refractivity (Wildman–Crippen MR) is 138 cm³/mol. The van der Waals surface area contributed by atoms with Crippen LogP contribution in [-0.4, -0.2) is 40.3 Å². The Balaban J connectivity index is 1.23. The van der Waals surface area contributed by atoms with Gasteiger partial charge in [0.05, 0.1) is 11.9 Å². The van der Waals surface area contributed by atoms with Crippen molar-refractivity contribution >= 4 is 21.6 Å². The first-order valence-corrected chi connectivity index (χ1v) is 13.7. The second-order valence-electron chi connectivity index (χ2n) is 8.60. The van der Waals surface area contributed by atoms with Crippen LogP contribution in [0.5, 0.6) is 17.2 Å². The van der Waals surface area contributed by atoms with Crippen molar-refractivity contribution in [3.05, 3.63) is 83.7 Å². The quantitative estimate of drug-likeness (QED) is 0.404. The molecule has 0 saturated carbocycles. The van der Waals surface area contributed by atoms with Gasteiger partial charge in [0.1, 0.15) is 31.4 Å². The van der Waals surface area contributed by atoms with E-state index in [1.165, 1.54) is 16.4 Å². The Labute approximate surface area is 216 Å². The standard InChI is InChI=1S/C27H29FN2O6S/c1-37(32,33)30(23-10-13-25-26(17-23)35-16-15-34-25)14-2-3-27(31)29-18-20-6-11-24(12-7-20)36-19-21-4-8-22(28)9-5-21/h4-13,17H,2-3,14-16,18-19H2,1H3,(H,29,31). The van der Waals surface area contributed by atoms with E-state index in [2.05, 4.69) is 5.32 Å². The van der Waals surface area contributed by atoms with E-state index in [4.69, 9.17) is 14.2 Å². The monoisotopic (exact) mass is 528 g/mol. The van der Waals surface area contributed by atoms with E-state index >= 15 is 0 Å². The lowest BCUT2D eigenvalue weighted by Crippen LogP contribution is -2.32. The van der Waals surface area contributed by atoms with Gasteiger partial charge in [-0.15, -0.1) is 0 Å². The van der Waals surface area contributed by atoms with Gasteiger partial charge in [-0.05, 0) is 53.9 Å². The van der Waals surface area contributed by atoms with Gasteiger partial charge in [0.25, 0.3) is 0 Å². The Morgan fingerprint density at radius 3 is 2.35 bits per heavy atom. The van der Waals surface area contributed by atoms with Crippen LogP contribution in [0.2, 0.25) is 0 Å². The summed E-state index contributed by atoms with van der Waals surface area (Å²) in [6.07, 6.45) is 1.66. The van der Waals surface area contributed by atoms with Crippen LogP contribution < -0.4 is 23.8 Å². The SMILES string of the molecule is CS(=O)(=O)N(CCCC(=O)NCc1ccc(OCc2ccc(F)cc2)cc1)c1ccc2c(c1)OCCO2. The molecule has 0 saturated heterocycles. The number of hydrogen-bond acceptors (Lipinski definition) is 6. The van der Waals surface area contributed by atoms with Gasteiger partial charge in [0, 0.05) is 25.6 Å². The number of anilines is 1. The van der Waals surface area contributed by atoms with E-state index in [1.54, 1.807) is 30.3 Å². The summed E-state index contributed by atoms with van der Waals surface area (Å²) in [4.78, 5) is 12.4. The molecule has 0 spiro atoms. The third-order valence-corrected chi connectivity index (χ3v) is 6.90. The molecule has 0 aromatic heterocycles. The molecule has 3 aromatic rings. The van der Waals surface area contributed by atoms with E-state index in [1.807, 2.05) is 24.3 Å². The van der Waals surface area contributed by atoms with Crippen molar-refractivity contribution in [2.24, 2.45) is 0 Å². The van der Waals surface area contributed by atoms with Gasteiger partial charge in [-0.3, -0.25) is 9.10 Å². The average molecular weight is 529 g/mol. The molecule has 1 N–H and O–H groups in total. The number of benzene rings is 3. The number of nitrogens with one attached hydrogen (secondary N) is 1. The van der Waals surface area contributed by atoms with Crippen molar-refractivity contribution in [2.75, 3.05) is 30.3 Å². The number of sulfonamides is 1. The zero-order valence-electron chi connectivity index (χ0n) is 20.5. The van der Waals surface area contributed by atoms with Crippen molar-refractivity contribution in [1.82, 2.24) is 5.32 Å². The van der Waals surface area contributed by atoms with Crippen LogP contribution in [0.15, 0.2) is 66.7 Å². The molecular weight excluding hydrogens is 499 g/mol. The molecule has 1 aliphatic heterocycles. The first-order valence-electron chi connectivity index (χ1n) is 11.9. The fourth-order valence-corrected chi connectivity index (χ4v) is 4.75. The molecule has 0 fully saturated rings. The Morgan fingerprint density at radius 2 is 1.65 bits per heavy atom. The molecule has 8 nitrogen and oxygen atoms in total. The first-order chi connectivity index (χ1) is 17.8. The highest BCUT2D eigenvalue weighted by Crippen LogP contribution is 2.34. The average Bonchev–Trinajstić information content (AvgIpc) is 2.89. The Morgan fingerprint density at radius 1 is 0.973 bits per heavy atom. The zero-order chi connectivity index (χ0) is 26.3. The third kappa shape index (κ3) is 7.60. The van der Waals surface area contributed by atoms with Gasteiger partial charge in [0.2, 0.25) is 15.9 Å². The molecule has 0 radical (unpaired) electrons. The molecule has 0 bridgehead atoms. The zero-order valence-corrected chi connectivity index (χ0v) is 21.3. The van der Waals surface area contributed by atoms with E-state index in [9.17, 15) is 17.6 Å². The number of rotatable bonds is 11. The van der Waals surface area contributed by atoms with Crippen LogP contribution >= 0.6 is 0 Å². The molecular formula is C27H29FN2O6S. The number of fused-ring (bicyclic) bond motifs is 1. The molecule has 10 heteroatoms. The summed E-state index contributed by atoms with van der Waals surface area (Å²) in [7, 11) is -3.55. The predicted octanol–water partition coefficient (Wildman–Crippen LogP) is 4.04. The second-order valence-corrected chi connectivity index (χ2v) is 10.5. The van der Waals surface area contributed by atoms with Crippen LogP contribution in [0.1, 0.15) is 24.0 Å². The maximum atomic E-state index is 13.0. The molecule has 0 aliphatic carbocycles. The van der Waals surface area contributed by atoms with Gasteiger partial charge in [-0.2, -0.15) is 0 Å². The highest BCUT2D eigenvalue weighted by molar-refractivity contribution is 7.92. The van der Waals surface area contributed by atoms with E-state index in [-0.39, 0.29) is 24.7 Å². The summed E-state index contributed by atoms with van der Waals surface area (Å²) < 4.78 is 55.8. The smallest absolute Gasteiger partial charge is 0.232 e. The lowest BCUT2D eigenvalue weighted by molar-refractivity contribution is -0.121. The van der Waals surface area contributed by atoms with Gasteiger partial charge in [-0.1, -0.05) is 24.3 Å². The minimum absolute atomic E-state index is 0.159. The maximum absolute atomic E-state index is 13.0. The molecule has 1 heterocycles. The summed E-state index contributed by atoms with van der Waals surface area (Å²) in [6, 6.07) is 18.4. The van der Waals surface area contributed by atoms with Crippen molar-refractivity contribution in [1.29, 1.82) is 0 Å². The molecule has 1 amide bonds. The number of hydrogen-bond donors (Lipinski definition) is 1. The number of nitrogens with zero attached hydrogens (tertiary/aromatic N) is 1. The first kappa shape index (κ1) is 26.3. The normalized spacial score (nSPS) is 12.6. The van der Waals surface area contributed by atoms with E-state index < -0.39 is 10.0 Å². The largest absolute Gasteiger partial charge is 0.489 e. The lowest BCUT2D eigenvalue weighted by atomic mass is 10.2. The molecule has 1 aliphatic rings. The molecule has 4 rings (SSSR count). The molecule has 37 heavy (non-hydrogen) atoms. The Hall–Kier alpha value is -3.79. The van der Waals surface area contributed by atoms with Crippen LogP contribution in [0.4, 0.5) is 10.1 Å². The van der Waals surface area contributed by atoms with Crippen LogP contribution in [0.25, 0.3) is 0 Å². The highest BCUT2D eigenvalue weighted by atomic mass is 32.2. The van der Waals surface area contributed by atoms with Gasteiger partial charge in [-0.25, -0.2) is 12.8 Å². The van der Waals surface area contributed by atoms with Crippen molar-refractivity contribution in [3.8, 4) is 17.2 Å². The molecule has 0 atom stereocenters. The Bertz CT molecular complexity index is 1310. The summed E-state index contributed by atoms with van der Waals surface area (Å²) in [5.41, 5.74) is 2.23. The summed E-state index contributed by atoms with van der Waals surface area (Å²) in [6.45, 7) is 1.68. The molecule has 196 valence electrons. The fourth-order valence-electron chi connectivity index (χ4n) is 3.80. The lowest BCUT2D eigenvalue weighted by Gasteiger charge is -2.25. The number of ether oxygens (including phenoxy) is 3. The number of carbonyl (C=O) groups is 1. The summed E-state index contributed by atoms with van der Waals surface area (Å²) in [5.74, 6) is 1.28. The van der Waals surface area contributed by atoms with Crippen molar-refractivity contribution in [3.63, 3.8) is 0 Å². The fraction of sp³-hybridized carbons (Fsp3) is 0.296.